The summed E-state index contributed by atoms with van der Waals surface area (Å²) in [6, 6.07) is 0. The van der Waals surface area contributed by atoms with Crippen LogP contribution in [0.25, 0.3) is 0 Å². The van der Waals surface area contributed by atoms with Crippen LogP contribution >= 0.6 is 0 Å². The lowest BCUT2D eigenvalue weighted by Gasteiger charge is -2.27. The molecule has 2 nitrogen and oxygen atoms in total. The van der Waals surface area contributed by atoms with Crippen molar-refractivity contribution in [2.45, 2.75) is 32.8 Å². The van der Waals surface area contributed by atoms with Crippen molar-refractivity contribution in [2.75, 3.05) is 19.8 Å². The molecular formula is C9H18O2. The van der Waals surface area contributed by atoms with Gasteiger partial charge >= 0.3 is 0 Å². The van der Waals surface area contributed by atoms with Crippen LogP contribution in [0.3, 0.4) is 0 Å². The van der Waals surface area contributed by atoms with E-state index in [1.54, 1.807) is 0 Å². The zero-order chi connectivity index (χ0) is 8.10. The highest BCUT2D eigenvalue weighted by Crippen LogP contribution is 2.20. The van der Waals surface area contributed by atoms with Gasteiger partial charge in [0, 0.05) is 19.8 Å². The molecule has 1 fully saturated rings. The van der Waals surface area contributed by atoms with Gasteiger partial charge < -0.3 is 9.47 Å². The molecule has 0 amide bonds. The van der Waals surface area contributed by atoms with E-state index in [0.717, 1.165) is 25.7 Å². The van der Waals surface area contributed by atoms with E-state index in [1.807, 2.05) is 0 Å². The minimum absolute atomic E-state index is 0.420. The first kappa shape index (κ1) is 9.01. The van der Waals surface area contributed by atoms with Gasteiger partial charge in [0.25, 0.3) is 0 Å². The number of hydrogen-bond donors (Lipinski definition) is 0. The van der Waals surface area contributed by atoms with Gasteiger partial charge in [-0.15, -0.1) is 0 Å². The summed E-state index contributed by atoms with van der Waals surface area (Å²) < 4.78 is 10.8. The van der Waals surface area contributed by atoms with Crippen LogP contribution < -0.4 is 0 Å². The van der Waals surface area contributed by atoms with Crippen LogP contribution in [0.15, 0.2) is 0 Å². The molecule has 1 atom stereocenters. The summed E-state index contributed by atoms with van der Waals surface area (Å²) in [6.45, 7) is 6.89. The highest BCUT2D eigenvalue weighted by molar-refractivity contribution is 4.69. The minimum Gasteiger partial charge on any atom is -0.381 e. The molecule has 0 aromatic heterocycles. The Morgan fingerprint density at radius 1 is 1.45 bits per heavy atom. The minimum atomic E-state index is 0.420. The predicted octanol–water partition coefficient (Wildman–Crippen LogP) is 1.84. The van der Waals surface area contributed by atoms with Gasteiger partial charge in [0.2, 0.25) is 0 Å². The Labute approximate surface area is 68.9 Å². The van der Waals surface area contributed by atoms with Gasteiger partial charge in [-0.2, -0.15) is 0 Å². The SMILES string of the molecule is CCO[C@@H](C)C1CCOCC1. The van der Waals surface area contributed by atoms with Crippen LogP contribution in [-0.4, -0.2) is 25.9 Å². The molecule has 0 N–H and O–H groups in total. The molecule has 11 heavy (non-hydrogen) atoms. The largest absolute Gasteiger partial charge is 0.381 e. The topological polar surface area (TPSA) is 18.5 Å². The van der Waals surface area contributed by atoms with Gasteiger partial charge in [0.15, 0.2) is 0 Å². The number of hydrogen-bond acceptors (Lipinski definition) is 2. The fourth-order valence-corrected chi connectivity index (χ4v) is 1.58. The van der Waals surface area contributed by atoms with Gasteiger partial charge in [-0.25, -0.2) is 0 Å². The molecule has 0 spiro atoms. The fourth-order valence-electron chi connectivity index (χ4n) is 1.58. The standard InChI is InChI=1S/C9H18O2/c1-3-11-8(2)9-4-6-10-7-5-9/h8-9H,3-7H2,1-2H3/t8-/m0/s1. The van der Waals surface area contributed by atoms with Gasteiger partial charge in [-0.3, -0.25) is 0 Å². The van der Waals surface area contributed by atoms with Crippen molar-refractivity contribution in [3.8, 4) is 0 Å². The molecule has 1 heterocycles. The summed E-state index contributed by atoms with van der Waals surface area (Å²) >= 11 is 0. The molecule has 66 valence electrons. The van der Waals surface area contributed by atoms with Crippen LogP contribution in [-0.2, 0) is 9.47 Å². The summed E-state index contributed by atoms with van der Waals surface area (Å²) in [5.41, 5.74) is 0. The Morgan fingerprint density at radius 3 is 2.64 bits per heavy atom. The van der Waals surface area contributed by atoms with E-state index in [1.165, 1.54) is 12.8 Å². The lowest BCUT2D eigenvalue weighted by atomic mass is 9.95. The Kier molecular flexibility index (Phi) is 3.87. The molecule has 1 saturated heterocycles. The fraction of sp³-hybridized carbons (Fsp3) is 1.00. The summed E-state index contributed by atoms with van der Waals surface area (Å²) in [6.07, 6.45) is 2.76. The highest BCUT2D eigenvalue weighted by atomic mass is 16.5. The second-order valence-electron chi connectivity index (χ2n) is 3.11. The van der Waals surface area contributed by atoms with Crippen LogP contribution in [0.2, 0.25) is 0 Å². The van der Waals surface area contributed by atoms with Crippen LogP contribution in [0.4, 0.5) is 0 Å². The van der Waals surface area contributed by atoms with E-state index in [-0.39, 0.29) is 0 Å². The maximum atomic E-state index is 5.53. The van der Waals surface area contributed by atoms with Gasteiger partial charge in [0.1, 0.15) is 0 Å². The van der Waals surface area contributed by atoms with E-state index >= 15 is 0 Å². The molecule has 0 bridgehead atoms. The third kappa shape index (κ3) is 2.80. The first-order chi connectivity index (χ1) is 5.34. The van der Waals surface area contributed by atoms with Crippen LogP contribution in [0.5, 0.6) is 0 Å². The average molecular weight is 158 g/mol. The quantitative estimate of drug-likeness (QED) is 0.624. The lowest BCUT2D eigenvalue weighted by Crippen LogP contribution is -2.27. The molecule has 1 rings (SSSR count). The van der Waals surface area contributed by atoms with Crippen molar-refractivity contribution in [1.82, 2.24) is 0 Å². The zero-order valence-corrected chi connectivity index (χ0v) is 7.51. The Morgan fingerprint density at radius 2 is 2.09 bits per heavy atom. The Hall–Kier alpha value is -0.0800. The average Bonchev–Trinajstić information content (AvgIpc) is 2.07. The normalized spacial score (nSPS) is 23.5. The maximum Gasteiger partial charge on any atom is 0.0576 e. The molecule has 0 unspecified atom stereocenters. The molecule has 0 aromatic rings. The highest BCUT2D eigenvalue weighted by Gasteiger charge is 2.20. The summed E-state index contributed by atoms with van der Waals surface area (Å²) in [7, 11) is 0. The van der Waals surface area contributed by atoms with Gasteiger partial charge in [-0.05, 0) is 32.6 Å². The Balaban J connectivity index is 2.21. The van der Waals surface area contributed by atoms with Crippen molar-refractivity contribution in [2.24, 2.45) is 5.92 Å². The molecule has 2 heteroatoms. The molecule has 0 aliphatic carbocycles. The smallest absolute Gasteiger partial charge is 0.0576 e. The van der Waals surface area contributed by atoms with Gasteiger partial charge in [-0.1, -0.05) is 0 Å². The second-order valence-corrected chi connectivity index (χ2v) is 3.11. The molecule has 1 aliphatic heterocycles. The van der Waals surface area contributed by atoms with Crippen LogP contribution in [0.1, 0.15) is 26.7 Å². The number of ether oxygens (including phenoxy) is 2. The summed E-state index contributed by atoms with van der Waals surface area (Å²) in [4.78, 5) is 0. The van der Waals surface area contributed by atoms with E-state index in [4.69, 9.17) is 9.47 Å². The molecule has 0 saturated carbocycles. The predicted molar refractivity (Wildman–Crippen MR) is 44.6 cm³/mol. The van der Waals surface area contributed by atoms with Crippen LogP contribution in [0, 0.1) is 5.92 Å². The monoisotopic (exact) mass is 158 g/mol. The molecule has 0 aromatic carbocycles. The lowest BCUT2D eigenvalue weighted by molar-refractivity contribution is -0.0206. The number of rotatable bonds is 3. The van der Waals surface area contributed by atoms with Crippen molar-refractivity contribution in [1.29, 1.82) is 0 Å². The Bertz CT molecular complexity index is 97.7. The zero-order valence-electron chi connectivity index (χ0n) is 7.51. The van der Waals surface area contributed by atoms with E-state index in [2.05, 4.69) is 13.8 Å². The van der Waals surface area contributed by atoms with Crippen molar-refractivity contribution < 1.29 is 9.47 Å². The van der Waals surface area contributed by atoms with Crippen molar-refractivity contribution >= 4 is 0 Å². The summed E-state index contributed by atoms with van der Waals surface area (Å²) in [5.74, 6) is 0.726. The van der Waals surface area contributed by atoms with Crippen molar-refractivity contribution in [3.05, 3.63) is 0 Å². The first-order valence-corrected chi connectivity index (χ1v) is 4.54. The third-order valence-electron chi connectivity index (χ3n) is 2.36. The molecular weight excluding hydrogens is 140 g/mol. The molecule has 1 aliphatic rings. The van der Waals surface area contributed by atoms with Crippen molar-refractivity contribution in [3.63, 3.8) is 0 Å². The van der Waals surface area contributed by atoms with E-state index in [0.29, 0.717) is 6.10 Å². The summed E-state index contributed by atoms with van der Waals surface area (Å²) in [5, 5.41) is 0. The van der Waals surface area contributed by atoms with Gasteiger partial charge in [0.05, 0.1) is 6.10 Å². The third-order valence-corrected chi connectivity index (χ3v) is 2.36. The van der Waals surface area contributed by atoms with E-state index in [9.17, 15) is 0 Å². The van der Waals surface area contributed by atoms with E-state index < -0.39 is 0 Å². The first-order valence-electron chi connectivity index (χ1n) is 4.54. The maximum absolute atomic E-state index is 5.53. The second kappa shape index (κ2) is 4.73. The molecule has 0 radical (unpaired) electrons.